The van der Waals surface area contributed by atoms with E-state index in [1.807, 2.05) is 59.7 Å². The van der Waals surface area contributed by atoms with Gasteiger partial charge < -0.3 is 0 Å². The van der Waals surface area contributed by atoms with Crippen molar-refractivity contribution in [3.8, 4) is 84.0 Å². The summed E-state index contributed by atoms with van der Waals surface area (Å²) in [5, 5.41) is 10.3. The Morgan fingerprint density at radius 2 is 0.500 bits per heavy atom. The quantitative estimate of drug-likeness (QED) is 0.160. The number of rotatable bonds is 7. The average molecular weight is 726 g/mol. The van der Waals surface area contributed by atoms with Crippen molar-refractivity contribution in [3.05, 3.63) is 206 Å². The van der Waals surface area contributed by atoms with Gasteiger partial charge in [0.05, 0.1) is 11.6 Å². The van der Waals surface area contributed by atoms with Crippen LogP contribution < -0.4 is 0 Å². The lowest BCUT2D eigenvalue weighted by Gasteiger charge is -2.12. The molecule has 0 aromatic heterocycles. The summed E-state index contributed by atoms with van der Waals surface area (Å²) in [6.07, 6.45) is 0. The van der Waals surface area contributed by atoms with Crippen molar-refractivity contribution < 1.29 is 0 Å². The van der Waals surface area contributed by atoms with Gasteiger partial charge in [-0.1, -0.05) is 217 Å². The van der Waals surface area contributed by atoms with E-state index in [2.05, 4.69) is 188 Å². The molecule has 0 aliphatic heterocycles. The first-order chi connectivity index (χ1) is 27.7. The molecule has 0 bridgehead atoms. The minimum atomic E-state index is 0.657. The molecular formula is C55H51N. The summed E-state index contributed by atoms with van der Waals surface area (Å²) in [6.45, 7) is 12.0. The van der Waals surface area contributed by atoms with Crippen molar-refractivity contribution in [2.75, 3.05) is 0 Å². The molecule has 0 aliphatic carbocycles. The van der Waals surface area contributed by atoms with Crippen LogP contribution in [0.5, 0.6) is 0 Å². The lowest BCUT2D eigenvalue weighted by Crippen LogP contribution is -1.89. The normalized spacial score (nSPS) is 9.95. The molecule has 0 fully saturated rings. The van der Waals surface area contributed by atoms with Gasteiger partial charge in [-0.15, -0.1) is 0 Å². The molecule has 1 nitrogen and oxygen atoms in total. The molecule has 1 heteroatoms. The van der Waals surface area contributed by atoms with Gasteiger partial charge in [0.25, 0.3) is 0 Å². The molecule has 8 rings (SSSR count). The SMILES string of the molecule is CC.CC.CC.N#Cc1cc(-c2cccc(-c3ccc(-c4ccccc4)cc3)c2)ccc1-c1cccc(-c2cccc(-c3ccc(-c4ccccc4)cc3)c2)c1. The second-order valence-electron chi connectivity index (χ2n) is 12.5. The van der Waals surface area contributed by atoms with Crippen LogP contribution in [0.3, 0.4) is 0 Å². The molecule has 0 saturated heterocycles. The monoisotopic (exact) mass is 725 g/mol. The Bertz CT molecular complexity index is 2450. The number of hydrogen-bond donors (Lipinski definition) is 0. The zero-order chi connectivity index (χ0) is 39.7. The minimum absolute atomic E-state index is 0.657. The first-order valence-corrected chi connectivity index (χ1v) is 19.9. The van der Waals surface area contributed by atoms with E-state index >= 15 is 0 Å². The molecule has 0 aliphatic rings. The van der Waals surface area contributed by atoms with Gasteiger partial charge in [-0.25, -0.2) is 0 Å². The predicted octanol–water partition coefficient (Wildman–Crippen LogP) is 16.3. The molecule has 0 atom stereocenters. The molecule has 8 aromatic carbocycles. The Hall–Kier alpha value is -6.75. The zero-order valence-corrected chi connectivity index (χ0v) is 33.5. The van der Waals surface area contributed by atoms with Crippen LogP contribution in [0.4, 0.5) is 0 Å². The van der Waals surface area contributed by atoms with Crippen LogP contribution in [0.15, 0.2) is 200 Å². The molecule has 0 spiro atoms. The molecule has 0 radical (unpaired) electrons. The molecule has 0 amide bonds. The van der Waals surface area contributed by atoms with E-state index in [1.165, 1.54) is 33.4 Å². The highest BCUT2D eigenvalue weighted by Crippen LogP contribution is 2.35. The summed E-state index contributed by atoms with van der Waals surface area (Å²) in [6, 6.07) is 72.7. The number of benzene rings is 8. The topological polar surface area (TPSA) is 23.8 Å². The fraction of sp³-hybridized carbons (Fsp3) is 0.109. The maximum atomic E-state index is 10.3. The summed E-state index contributed by atoms with van der Waals surface area (Å²) in [4.78, 5) is 0. The van der Waals surface area contributed by atoms with Gasteiger partial charge in [-0.3, -0.25) is 0 Å². The van der Waals surface area contributed by atoms with Gasteiger partial charge in [-0.2, -0.15) is 5.26 Å². The second-order valence-corrected chi connectivity index (χ2v) is 12.5. The van der Waals surface area contributed by atoms with E-state index in [0.717, 1.165) is 44.5 Å². The predicted molar refractivity (Wildman–Crippen MR) is 243 cm³/mol. The Balaban J connectivity index is 0.000000956. The lowest BCUT2D eigenvalue weighted by atomic mass is 9.92. The van der Waals surface area contributed by atoms with E-state index in [4.69, 9.17) is 0 Å². The Kier molecular flexibility index (Phi) is 14.9. The lowest BCUT2D eigenvalue weighted by molar-refractivity contribution is 1.47. The minimum Gasteiger partial charge on any atom is -0.192 e. The maximum Gasteiger partial charge on any atom is 0.0998 e. The fourth-order valence-electron chi connectivity index (χ4n) is 6.66. The first-order valence-electron chi connectivity index (χ1n) is 19.9. The van der Waals surface area contributed by atoms with Crippen molar-refractivity contribution in [2.45, 2.75) is 41.5 Å². The third-order valence-electron chi connectivity index (χ3n) is 9.36. The van der Waals surface area contributed by atoms with Crippen molar-refractivity contribution in [2.24, 2.45) is 0 Å². The van der Waals surface area contributed by atoms with E-state index < -0.39 is 0 Å². The fourth-order valence-corrected chi connectivity index (χ4v) is 6.66. The average Bonchev–Trinajstić information content (AvgIpc) is 3.31. The highest BCUT2D eigenvalue weighted by molar-refractivity contribution is 5.82. The first kappa shape index (κ1) is 40.4. The second kappa shape index (κ2) is 20.6. The van der Waals surface area contributed by atoms with E-state index in [9.17, 15) is 5.26 Å². The van der Waals surface area contributed by atoms with E-state index in [1.54, 1.807) is 0 Å². The molecule has 8 aromatic rings. The van der Waals surface area contributed by atoms with Crippen LogP contribution in [0.25, 0.3) is 77.9 Å². The molecule has 0 unspecified atom stereocenters. The van der Waals surface area contributed by atoms with Crippen molar-refractivity contribution in [3.63, 3.8) is 0 Å². The Labute approximate surface area is 335 Å². The van der Waals surface area contributed by atoms with Gasteiger partial charge in [0, 0.05) is 0 Å². The smallest absolute Gasteiger partial charge is 0.0998 e. The number of hydrogen-bond acceptors (Lipinski definition) is 1. The third-order valence-corrected chi connectivity index (χ3v) is 9.36. The number of nitrogens with zero attached hydrogens (tertiary/aromatic N) is 1. The molecule has 0 N–H and O–H groups in total. The van der Waals surface area contributed by atoms with Crippen LogP contribution in [-0.4, -0.2) is 0 Å². The van der Waals surface area contributed by atoms with Crippen LogP contribution in [0.2, 0.25) is 0 Å². The molecule has 0 heterocycles. The largest absolute Gasteiger partial charge is 0.192 e. The zero-order valence-electron chi connectivity index (χ0n) is 33.5. The summed E-state index contributed by atoms with van der Waals surface area (Å²) in [5.41, 5.74) is 16.5. The van der Waals surface area contributed by atoms with Gasteiger partial charge in [0.15, 0.2) is 0 Å². The maximum absolute atomic E-state index is 10.3. The van der Waals surface area contributed by atoms with Gasteiger partial charge >= 0.3 is 0 Å². The van der Waals surface area contributed by atoms with Crippen LogP contribution >= 0.6 is 0 Å². The third kappa shape index (κ3) is 9.67. The van der Waals surface area contributed by atoms with Gasteiger partial charge in [0.2, 0.25) is 0 Å². The summed E-state index contributed by atoms with van der Waals surface area (Å²) in [7, 11) is 0. The van der Waals surface area contributed by atoms with Crippen LogP contribution in [-0.2, 0) is 0 Å². The standard InChI is InChI=1S/C49H33N.3C2H6/c50-34-48-33-46(44-17-8-15-42(31-44)40-26-22-38(23-27-40)36-12-5-2-6-13-36)28-29-49(48)47-19-9-18-45(32-47)43-16-7-14-41(30-43)39-24-20-37(21-25-39)35-10-3-1-4-11-35;3*1-2/h1-33H;3*1-2H3. The summed E-state index contributed by atoms with van der Waals surface area (Å²) >= 11 is 0. The van der Waals surface area contributed by atoms with Crippen LogP contribution in [0.1, 0.15) is 47.1 Å². The number of nitriles is 1. The highest BCUT2D eigenvalue weighted by atomic mass is 14.3. The summed E-state index contributed by atoms with van der Waals surface area (Å²) in [5.74, 6) is 0. The van der Waals surface area contributed by atoms with Crippen molar-refractivity contribution in [1.29, 1.82) is 5.26 Å². The Morgan fingerprint density at radius 1 is 0.250 bits per heavy atom. The van der Waals surface area contributed by atoms with Crippen molar-refractivity contribution in [1.82, 2.24) is 0 Å². The van der Waals surface area contributed by atoms with E-state index in [-0.39, 0.29) is 0 Å². The van der Waals surface area contributed by atoms with Crippen LogP contribution in [0, 0.1) is 11.3 Å². The van der Waals surface area contributed by atoms with E-state index in [0.29, 0.717) is 5.56 Å². The molecule has 0 saturated carbocycles. The summed E-state index contributed by atoms with van der Waals surface area (Å²) < 4.78 is 0. The Morgan fingerprint density at radius 3 is 0.875 bits per heavy atom. The molecule has 56 heavy (non-hydrogen) atoms. The van der Waals surface area contributed by atoms with Gasteiger partial charge in [-0.05, 0) is 102 Å². The molecule has 276 valence electrons. The highest BCUT2D eigenvalue weighted by Gasteiger charge is 2.11. The van der Waals surface area contributed by atoms with Crippen molar-refractivity contribution >= 4 is 0 Å². The molecular weight excluding hydrogens is 675 g/mol. The van der Waals surface area contributed by atoms with Gasteiger partial charge in [0.1, 0.15) is 0 Å².